The Bertz CT molecular complexity index is 364. The molecule has 0 saturated heterocycles. The van der Waals surface area contributed by atoms with Crippen molar-refractivity contribution in [1.29, 1.82) is 0 Å². The van der Waals surface area contributed by atoms with E-state index in [0.717, 1.165) is 5.69 Å². The van der Waals surface area contributed by atoms with Gasteiger partial charge in [0.25, 0.3) is 5.92 Å². The number of nitrogens with zero attached hydrogens (tertiary/aromatic N) is 2. The topological polar surface area (TPSA) is 53.1 Å². The molecule has 2 rings (SSSR count). The van der Waals surface area contributed by atoms with Crippen molar-refractivity contribution in [2.45, 2.75) is 31.9 Å². The Hall–Kier alpha value is -1.17. The molecule has 0 radical (unpaired) electrons. The van der Waals surface area contributed by atoms with E-state index < -0.39 is 12.0 Å². The third-order valence-electron chi connectivity index (χ3n) is 2.39. The third-order valence-corrected chi connectivity index (χ3v) is 2.39. The van der Waals surface area contributed by atoms with E-state index in [4.69, 9.17) is 10.5 Å². The van der Waals surface area contributed by atoms with Gasteiger partial charge < -0.3 is 10.5 Å². The van der Waals surface area contributed by atoms with Crippen molar-refractivity contribution in [2.75, 3.05) is 12.3 Å². The second-order valence-corrected chi connectivity index (χ2v) is 3.76. The van der Waals surface area contributed by atoms with Gasteiger partial charge in [-0.3, -0.25) is 4.68 Å². The fourth-order valence-electron chi connectivity index (χ4n) is 1.41. The molecule has 1 atom stereocenters. The maximum absolute atomic E-state index is 12.4. The molecule has 1 aromatic rings. The van der Waals surface area contributed by atoms with Crippen LogP contribution in [-0.4, -0.2) is 28.4 Å². The molecule has 0 aliphatic heterocycles. The van der Waals surface area contributed by atoms with Crippen molar-refractivity contribution < 1.29 is 13.5 Å². The highest BCUT2D eigenvalue weighted by atomic mass is 19.3. The van der Waals surface area contributed by atoms with E-state index >= 15 is 0 Å². The van der Waals surface area contributed by atoms with Gasteiger partial charge in [-0.15, -0.1) is 0 Å². The minimum Gasteiger partial charge on any atom is -0.382 e. The van der Waals surface area contributed by atoms with Crippen LogP contribution in [0.4, 0.5) is 14.6 Å². The lowest BCUT2D eigenvalue weighted by atomic mass is 10.4. The van der Waals surface area contributed by atoms with Gasteiger partial charge in [0.15, 0.2) is 0 Å². The number of halogens is 2. The van der Waals surface area contributed by atoms with Crippen LogP contribution in [0.25, 0.3) is 0 Å². The lowest BCUT2D eigenvalue weighted by molar-refractivity contribution is 0.00991. The number of alkyl halides is 2. The number of hydrogen-bond donors (Lipinski definition) is 1. The van der Waals surface area contributed by atoms with Gasteiger partial charge in [0.05, 0.1) is 13.2 Å². The lowest BCUT2D eigenvalue weighted by Gasteiger charge is -2.04. The molecule has 0 amide bonds. The number of hydrogen-bond acceptors (Lipinski definition) is 3. The summed E-state index contributed by atoms with van der Waals surface area (Å²) in [6.45, 7) is 2.55. The zero-order chi connectivity index (χ0) is 11.1. The predicted octanol–water partition coefficient (Wildman–Crippen LogP) is 1.20. The van der Waals surface area contributed by atoms with Crippen molar-refractivity contribution in [3.63, 3.8) is 0 Å². The summed E-state index contributed by atoms with van der Waals surface area (Å²) in [6.07, 6.45) is -1.06. The van der Waals surface area contributed by atoms with E-state index in [1.165, 1.54) is 0 Å². The van der Waals surface area contributed by atoms with E-state index in [2.05, 4.69) is 5.10 Å². The fraction of sp³-hybridized carbons (Fsp3) is 0.667. The summed E-state index contributed by atoms with van der Waals surface area (Å²) in [7, 11) is 0. The van der Waals surface area contributed by atoms with E-state index in [1.54, 1.807) is 10.7 Å². The SMILES string of the molecule is Cc1cc(N)nn1CCOC1CC1(F)F. The number of aryl methyl sites for hydroxylation is 1. The number of aromatic nitrogens is 2. The van der Waals surface area contributed by atoms with Gasteiger partial charge in [0.1, 0.15) is 11.9 Å². The minimum atomic E-state index is -2.61. The molecule has 0 bridgehead atoms. The van der Waals surface area contributed by atoms with Crippen molar-refractivity contribution in [3.8, 4) is 0 Å². The monoisotopic (exact) mass is 217 g/mol. The van der Waals surface area contributed by atoms with Gasteiger partial charge in [-0.2, -0.15) is 5.10 Å². The van der Waals surface area contributed by atoms with Gasteiger partial charge in [0.2, 0.25) is 0 Å². The van der Waals surface area contributed by atoms with Crippen LogP contribution in [0.3, 0.4) is 0 Å². The van der Waals surface area contributed by atoms with Crippen molar-refractivity contribution in [3.05, 3.63) is 11.8 Å². The summed E-state index contributed by atoms with van der Waals surface area (Å²) < 4.78 is 31.5. The molecule has 0 spiro atoms. The Balaban J connectivity index is 1.77. The first-order valence-electron chi connectivity index (χ1n) is 4.78. The number of anilines is 1. The minimum absolute atomic E-state index is 0.159. The molecular formula is C9H13F2N3O. The second kappa shape index (κ2) is 3.44. The van der Waals surface area contributed by atoms with Gasteiger partial charge >= 0.3 is 0 Å². The van der Waals surface area contributed by atoms with Crippen molar-refractivity contribution in [1.82, 2.24) is 9.78 Å². The molecule has 2 N–H and O–H groups in total. The molecule has 1 aromatic heterocycles. The quantitative estimate of drug-likeness (QED) is 0.824. The average Bonchev–Trinajstić information content (AvgIpc) is 2.58. The van der Waals surface area contributed by atoms with Crippen LogP contribution in [0.5, 0.6) is 0 Å². The first-order chi connectivity index (χ1) is 6.99. The van der Waals surface area contributed by atoms with E-state index in [0.29, 0.717) is 12.4 Å². The Kier molecular flexibility index (Phi) is 2.38. The molecule has 1 heterocycles. The van der Waals surface area contributed by atoms with E-state index in [-0.39, 0.29) is 13.0 Å². The average molecular weight is 217 g/mol. The number of nitrogen functional groups attached to an aromatic ring is 1. The first kappa shape index (κ1) is 10.4. The highest BCUT2D eigenvalue weighted by molar-refractivity contribution is 5.28. The molecule has 1 saturated carbocycles. The standard InChI is InChI=1S/C9H13F2N3O/c1-6-4-8(12)13-14(6)2-3-15-7-5-9(7,10)11/h4,7H,2-3,5H2,1H3,(H2,12,13). The van der Waals surface area contributed by atoms with Crippen LogP contribution in [0.15, 0.2) is 6.07 Å². The second-order valence-electron chi connectivity index (χ2n) is 3.76. The Morgan fingerprint density at radius 3 is 2.87 bits per heavy atom. The number of nitrogens with two attached hydrogens (primary N) is 1. The summed E-state index contributed by atoms with van der Waals surface area (Å²) in [5.41, 5.74) is 6.38. The molecule has 1 fully saturated rings. The summed E-state index contributed by atoms with van der Waals surface area (Å²) in [5, 5.41) is 3.99. The number of ether oxygens (including phenoxy) is 1. The van der Waals surface area contributed by atoms with E-state index in [9.17, 15) is 8.78 Å². The van der Waals surface area contributed by atoms with Crippen LogP contribution in [0.2, 0.25) is 0 Å². The summed E-state index contributed by atoms with van der Waals surface area (Å²) in [5.74, 6) is -2.18. The Labute approximate surface area is 86.0 Å². The fourth-order valence-corrected chi connectivity index (χ4v) is 1.41. The van der Waals surface area contributed by atoms with Crippen molar-refractivity contribution in [2.24, 2.45) is 0 Å². The summed E-state index contributed by atoms with van der Waals surface area (Å²) in [6, 6.07) is 1.73. The maximum Gasteiger partial charge on any atom is 0.276 e. The van der Waals surface area contributed by atoms with Crippen LogP contribution in [-0.2, 0) is 11.3 Å². The number of rotatable bonds is 4. The first-order valence-corrected chi connectivity index (χ1v) is 4.78. The van der Waals surface area contributed by atoms with Crippen molar-refractivity contribution >= 4 is 5.82 Å². The smallest absolute Gasteiger partial charge is 0.276 e. The molecule has 1 unspecified atom stereocenters. The zero-order valence-electron chi connectivity index (χ0n) is 8.41. The zero-order valence-corrected chi connectivity index (χ0v) is 8.41. The Morgan fingerprint density at radius 1 is 1.73 bits per heavy atom. The Morgan fingerprint density at radius 2 is 2.40 bits per heavy atom. The highest BCUT2D eigenvalue weighted by Crippen LogP contribution is 2.44. The van der Waals surface area contributed by atoms with Gasteiger partial charge in [-0.25, -0.2) is 8.78 Å². The molecule has 15 heavy (non-hydrogen) atoms. The molecule has 1 aliphatic rings. The molecule has 0 aromatic carbocycles. The van der Waals surface area contributed by atoms with Crippen LogP contribution in [0, 0.1) is 6.92 Å². The summed E-state index contributed by atoms with van der Waals surface area (Å²) in [4.78, 5) is 0. The lowest BCUT2D eigenvalue weighted by Crippen LogP contribution is -2.12. The molecule has 6 heteroatoms. The van der Waals surface area contributed by atoms with Gasteiger partial charge in [-0.1, -0.05) is 0 Å². The van der Waals surface area contributed by atoms with Crippen LogP contribution in [0.1, 0.15) is 12.1 Å². The van der Waals surface area contributed by atoms with Crippen LogP contribution < -0.4 is 5.73 Å². The predicted molar refractivity (Wildman–Crippen MR) is 50.7 cm³/mol. The normalized spacial score (nSPS) is 23.0. The maximum atomic E-state index is 12.4. The van der Waals surface area contributed by atoms with Gasteiger partial charge in [0, 0.05) is 18.2 Å². The third kappa shape index (κ3) is 2.26. The van der Waals surface area contributed by atoms with Crippen LogP contribution >= 0.6 is 0 Å². The highest BCUT2D eigenvalue weighted by Gasteiger charge is 2.58. The largest absolute Gasteiger partial charge is 0.382 e. The molecule has 1 aliphatic carbocycles. The molecule has 4 nitrogen and oxygen atoms in total. The summed E-state index contributed by atoms with van der Waals surface area (Å²) >= 11 is 0. The molecule has 84 valence electrons. The van der Waals surface area contributed by atoms with E-state index in [1.807, 2.05) is 6.92 Å². The molecular weight excluding hydrogens is 204 g/mol. The van der Waals surface area contributed by atoms with Gasteiger partial charge in [-0.05, 0) is 6.92 Å².